The zero-order chi connectivity index (χ0) is 19.2. The van der Waals surface area contributed by atoms with Crippen molar-refractivity contribution in [2.24, 2.45) is 0 Å². The zero-order valence-electron chi connectivity index (χ0n) is 17.1. The molecule has 0 spiro atoms. The Kier molecular flexibility index (Phi) is 12.9. The van der Waals surface area contributed by atoms with Crippen LogP contribution in [0.3, 0.4) is 0 Å². The van der Waals surface area contributed by atoms with Gasteiger partial charge in [0.05, 0.1) is 27.6 Å². The second-order valence-electron chi connectivity index (χ2n) is 8.50. The molecule has 0 aromatic rings. The van der Waals surface area contributed by atoms with Crippen LogP contribution in [0, 0.1) is 0 Å². The number of likely N-dealkylation sites (N-methyl/N-ethyl adjacent to an activating group) is 1. The van der Waals surface area contributed by atoms with Gasteiger partial charge in [0, 0.05) is 0 Å². The third-order valence-electron chi connectivity index (χ3n) is 4.36. The molecule has 0 aliphatic heterocycles. The van der Waals surface area contributed by atoms with Gasteiger partial charge >= 0.3 is 5.97 Å². The van der Waals surface area contributed by atoms with Crippen molar-refractivity contribution in [2.45, 2.75) is 89.6 Å². The second-order valence-corrected chi connectivity index (χ2v) is 8.50. The Bertz CT molecular complexity index is 374. The molecule has 148 valence electrons. The van der Waals surface area contributed by atoms with Crippen LogP contribution in [0.4, 0.5) is 0 Å². The van der Waals surface area contributed by atoms with Crippen LogP contribution in [0.2, 0.25) is 0 Å². The standard InChI is InChI=1S/C21H41NO3/c1-5-6-7-8-9-10-11-12-13-14-15-16-17-21(25,18-20(23)24)19-22(2,3)4/h16-17,25H,5-15,18-19H2,1-4H3/p+1. The maximum atomic E-state index is 11.0. The van der Waals surface area contributed by atoms with Crippen LogP contribution in [-0.2, 0) is 4.79 Å². The number of nitrogens with zero attached hydrogens (tertiary/aromatic N) is 1. The third-order valence-corrected chi connectivity index (χ3v) is 4.36. The molecule has 1 unspecified atom stereocenters. The number of aliphatic carboxylic acids is 1. The quantitative estimate of drug-likeness (QED) is 0.238. The summed E-state index contributed by atoms with van der Waals surface area (Å²) in [5, 5.41) is 19.6. The first kappa shape index (κ1) is 24.1. The summed E-state index contributed by atoms with van der Waals surface area (Å²) in [6.45, 7) is 2.65. The molecular formula is C21H42NO3+. The first-order valence-corrected chi connectivity index (χ1v) is 10.1. The minimum Gasteiger partial charge on any atom is -0.481 e. The Balaban J connectivity index is 3.89. The predicted octanol–water partition coefficient (Wildman–Crippen LogP) is 4.77. The number of aliphatic hydroxyl groups is 1. The van der Waals surface area contributed by atoms with Gasteiger partial charge in [-0.2, -0.15) is 0 Å². The van der Waals surface area contributed by atoms with Crippen molar-refractivity contribution in [1.82, 2.24) is 0 Å². The van der Waals surface area contributed by atoms with Crippen LogP contribution < -0.4 is 0 Å². The third kappa shape index (κ3) is 16.4. The van der Waals surface area contributed by atoms with Crippen molar-refractivity contribution in [2.75, 3.05) is 27.7 Å². The average Bonchev–Trinajstić information content (AvgIpc) is 2.45. The molecule has 0 aromatic heterocycles. The van der Waals surface area contributed by atoms with Gasteiger partial charge in [-0.25, -0.2) is 0 Å². The van der Waals surface area contributed by atoms with E-state index in [1.807, 2.05) is 27.2 Å². The molecule has 4 heteroatoms. The van der Waals surface area contributed by atoms with E-state index < -0.39 is 11.6 Å². The zero-order valence-corrected chi connectivity index (χ0v) is 17.1. The number of unbranched alkanes of at least 4 members (excludes halogenated alkanes) is 10. The molecule has 0 aliphatic carbocycles. The molecule has 1 atom stereocenters. The van der Waals surface area contributed by atoms with Crippen molar-refractivity contribution in [3.63, 3.8) is 0 Å². The monoisotopic (exact) mass is 356 g/mol. The van der Waals surface area contributed by atoms with Gasteiger partial charge < -0.3 is 14.7 Å². The largest absolute Gasteiger partial charge is 0.481 e. The van der Waals surface area contributed by atoms with Crippen molar-refractivity contribution in [3.8, 4) is 0 Å². The van der Waals surface area contributed by atoms with Crippen LogP contribution in [0.15, 0.2) is 12.2 Å². The molecule has 0 aliphatic rings. The lowest BCUT2D eigenvalue weighted by atomic mass is 9.97. The molecule has 2 N–H and O–H groups in total. The molecule has 0 bridgehead atoms. The van der Waals surface area contributed by atoms with E-state index in [9.17, 15) is 9.90 Å². The minimum absolute atomic E-state index is 0.239. The van der Waals surface area contributed by atoms with Crippen molar-refractivity contribution in [1.29, 1.82) is 0 Å². The molecule has 0 amide bonds. The van der Waals surface area contributed by atoms with Crippen LogP contribution >= 0.6 is 0 Å². The van der Waals surface area contributed by atoms with Gasteiger partial charge in [-0.15, -0.1) is 0 Å². The molecular weight excluding hydrogens is 314 g/mol. The summed E-state index contributed by atoms with van der Waals surface area (Å²) in [6.07, 6.45) is 17.4. The lowest BCUT2D eigenvalue weighted by molar-refractivity contribution is -0.876. The number of allylic oxidation sites excluding steroid dienone is 1. The highest BCUT2D eigenvalue weighted by molar-refractivity contribution is 5.68. The number of hydrogen-bond acceptors (Lipinski definition) is 2. The lowest BCUT2D eigenvalue weighted by Gasteiger charge is -2.32. The fourth-order valence-electron chi connectivity index (χ4n) is 3.30. The van der Waals surface area contributed by atoms with Gasteiger partial charge in [0.25, 0.3) is 0 Å². The topological polar surface area (TPSA) is 57.5 Å². The summed E-state index contributed by atoms with van der Waals surface area (Å²) in [6, 6.07) is 0. The summed E-state index contributed by atoms with van der Waals surface area (Å²) in [5.41, 5.74) is -1.26. The predicted molar refractivity (Wildman–Crippen MR) is 106 cm³/mol. The van der Waals surface area contributed by atoms with Gasteiger partial charge in [0.1, 0.15) is 12.1 Å². The van der Waals surface area contributed by atoms with Gasteiger partial charge in [0.15, 0.2) is 0 Å². The molecule has 0 saturated carbocycles. The van der Waals surface area contributed by atoms with E-state index in [2.05, 4.69) is 6.92 Å². The number of carbonyl (C=O) groups is 1. The maximum Gasteiger partial charge on any atom is 0.306 e. The number of hydrogen-bond donors (Lipinski definition) is 2. The SMILES string of the molecule is CCCCCCCCCCCCC=CC(O)(CC(=O)O)C[N+](C)(C)C. The number of carboxylic acids is 1. The van der Waals surface area contributed by atoms with E-state index >= 15 is 0 Å². The Morgan fingerprint density at radius 1 is 0.920 bits per heavy atom. The van der Waals surface area contributed by atoms with Gasteiger partial charge in [-0.1, -0.05) is 76.9 Å². The summed E-state index contributed by atoms with van der Waals surface area (Å²) in [5.74, 6) is -0.959. The van der Waals surface area contributed by atoms with Gasteiger partial charge in [-0.3, -0.25) is 4.79 Å². The molecule has 0 saturated heterocycles. The van der Waals surface area contributed by atoms with Crippen molar-refractivity contribution in [3.05, 3.63) is 12.2 Å². The molecule has 0 aromatic carbocycles. The molecule has 0 heterocycles. The molecule has 0 rings (SSSR count). The van der Waals surface area contributed by atoms with E-state index in [-0.39, 0.29) is 6.42 Å². The Morgan fingerprint density at radius 2 is 1.40 bits per heavy atom. The van der Waals surface area contributed by atoms with E-state index in [0.717, 1.165) is 12.8 Å². The molecule has 0 fully saturated rings. The second kappa shape index (κ2) is 13.3. The summed E-state index contributed by atoms with van der Waals surface area (Å²) in [4.78, 5) is 11.0. The minimum atomic E-state index is -1.26. The van der Waals surface area contributed by atoms with E-state index in [1.54, 1.807) is 6.08 Å². The highest BCUT2D eigenvalue weighted by atomic mass is 16.4. The van der Waals surface area contributed by atoms with Crippen LogP contribution in [0.25, 0.3) is 0 Å². The van der Waals surface area contributed by atoms with E-state index in [4.69, 9.17) is 5.11 Å². The number of quaternary nitrogens is 1. The molecule has 0 radical (unpaired) electrons. The number of rotatable bonds is 16. The van der Waals surface area contributed by atoms with Crippen LogP contribution in [-0.4, -0.2) is 54.0 Å². The van der Waals surface area contributed by atoms with Crippen LogP contribution in [0.5, 0.6) is 0 Å². The normalized spacial score (nSPS) is 14.8. The van der Waals surface area contributed by atoms with Gasteiger partial charge in [-0.05, 0) is 12.8 Å². The van der Waals surface area contributed by atoms with Crippen molar-refractivity contribution < 1.29 is 19.5 Å². The van der Waals surface area contributed by atoms with Crippen LogP contribution in [0.1, 0.15) is 84.0 Å². The Labute approximate surface area is 155 Å². The first-order valence-electron chi connectivity index (χ1n) is 10.1. The van der Waals surface area contributed by atoms with E-state index in [1.165, 1.54) is 57.8 Å². The highest BCUT2D eigenvalue weighted by Crippen LogP contribution is 2.18. The highest BCUT2D eigenvalue weighted by Gasteiger charge is 2.33. The Hall–Kier alpha value is -0.870. The number of carboxylic acid groups (broad SMARTS) is 1. The fraction of sp³-hybridized carbons (Fsp3) is 0.857. The maximum absolute atomic E-state index is 11.0. The van der Waals surface area contributed by atoms with Gasteiger partial charge in [0.2, 0.25) is 0 Å². The van der Waals surface area contributed by atoms with E-state index in [0.29, 0.717) is 11.0 Å². The smallest absolute Gasteiger partial charge is 0.306 e. The fourth-order valence-corrected chi connectivity index (χ4v) is 3.30. The first-order chi connectivity index (χ1) is 11.7. The average molecular weight is 357 g/mol. The molecule has 4 nitrogen and oxygen atoms in total. The summed E-state index contributed by atoms with van der Waals surface area (Å²) < 4.78 is 0.534. The lowest BCUT2D eigenvalue weighted by Crippen LogP contribution is -2.49. The Morgan fingerprint density at radius 3 is 1.84 bits per heavy atom. The summed E-state index contributed by atoms with van der Waals surface area (Å²) >= 11 is 0. The molecule has 25 heavy (non-hydrogen) atoms. The summed E-state index contributed by atoms with van der Waals surface area (Å²) in [7, 11) is 5.88. The van der Waals surface area contributed by atoms with Crippen molar-refractivity contribution >= 4 is 5.97 Å².